The van der Waals surface area contributed by atoms with Crippen molar-refractivity contribution < 1.29 is 27.1 Å². The Hall–Kier alpha value is -2.12. The maximum atomic E-state index is 14.3. The van der Waals surface area contributed by atoms with Gasteiger partial charge in [-0.15, -0.1) is 0 Å². The van der Waals surface area contributed by atoms with Crippen LogP contribution in [-0.2, 0) is 26.7 Å². The van der Waals surface area contributed by atoms with E-state index in [0.29, 0.717) is 16.7 Å². The molecule has 0 aliphatic rings. The number of halogens is 2. The van der Waals surface area contributed by atoms with Crippen molar-refractivity contribution in [3.8, 4) is 0 Å². The van der Waals surface area contributed by atoms with Gasteiger partial charge in [-0.1, -0.05) is 33.8 Å². The third-order valence-corrected chi connectivity index (χ3v) is 6.91. The van der Waals surface area contributed by atoms with Crippen molar-refractivity contribution in [3.63, 3.8) is 0 Å². The summed E-state index contributed by atoms with van der Waals surface area (Å²) in [7, 11) is -4.28. The van der Waals surface area contributed by atoms with Crippen molar-refractivity contribution in [2.75, 3.05) is 5.75 Å². The van der Waals surface area contributed by atoms with Crippen LogP contribution in [0.1, 0.15) is 75.6 Å². The Morgan fingerprint density at radius 1 is 1.00 bits per heavy atom. The Balaban J connectivity index is 2.42. The molecule has 0 bridgehead atoms. The number of carbonyl (C=O) groups excluding carboxylic acids is 1. The molecular formula is C24H30F2O4S. The van der Waals surface area contributed by atoms with E-state index in [1.165, 1.54) is 32.0 Å². The lowest BCUT2D eigenvalue weighted by molar-refractivity contribution is -0.116. The molecule has 0 fully saturated rings. The van der Waals surface area contributed by atoms with Crippen LogP contribution in [0.25, 0.3) is 0 Å². The van der Waals surface area contributed by atoms with Crippen LogP contribution < -0.4 is 0 Å². The lowest BCUT2D eigenvalue weighted by Gasteiger charge is -2.20. The number of aliphatic hydroxyl groups is 1. The van der Waals surface area contributed by atoms with Crippen molar-refractivity contribution in [2.24, 2.45) is 0 Å². The summed E-state index contributed by atoms with van der Waals surface area (Å²) in [5, 5.41) is 10.1. The van der Waals surface area contributed by atoms with Gasteiger partial charge in [-0.2, -0.15) is 0 Å². The van der Waals surface area contributed by atoms with E-state index in [4.69, 9.17) is 0 Å². The number of rotatable bonds is 8. The number of hydrogen-bond acceptors (Lipinski definition) is 4. The molecule has 4 nitrogen and oxygen atoms in total. The van der Waals surface area contributed by atoms with Crippen molar-refractivity contribution >= 4 is 15.6 Å². The Bertz CT molecular complexity index is 1050. The highest BCUT2D eigenvalue weighted by atomic mass is 32.2. The second-order valence-electron chi connectivity index (χ2n) is 9.05. The SMILES string of the molecule is CC(C)c1cc(F)cc(C(C)C)c1CC(=O)CS(=O)(=O)c1cc(C(C)(C)O)ccc1F. The predicted molar refractivity (Wildman–Crippen MR) is 117 cm³/mol. The Kier molecular flexibility index (Phi) is 7.43. The lowest BCUT2D eigenvalue weighted by atomic mass is 9.86. The van der Waals surface area contributed by atoms with E-state index in [9.17, 15) is 27.1 Å². The van der Waals surface area contributed by atoms with Crippen LogP contribution in [0.4, 0.5) is 8.78 Å². The average Bonchev–Trinajstić information content (AvgIpc) is 2.61. The highest BCUT2D eigenvalue weighted by molar-refractivity contribution is 7.92. The van der Waals surface area contributed by atoms with Crippen molar-refractivity contribution in [3.05, 3.63) is 64.2 Å². The lowest BCUT2D eigenvalue weighted by Crippen LogP contribution is -2.22. The second-order valence-corrected chi connectivity index (χ2v) is 11.0. The van der Waals surface area contributed by atoms with E-state index in [-0.39, 0.29) is 23.8 Å². The normalized spacial score (nSPS) is 12.6. The minimum Gasteiger partial charge on any atom is -0.386 e. The number of benzene rings is 2. The summed E-state index contributed by atoms with van der Waals surface area (Å²) in [5.74, 6) is -2.99. The van der Waals surface area contributed by atoms with Crippen LogP contribution in [0.15, 0.2) is 35.2 Å². The molecule has 170 valence electrons. The molecular weight excluding hydrogens is 422 g/mol. The number of Topliss-reactive ketones (excluding diaryl/α,β-unsaturated/α-hetero) is 1. The van der Waals surface area contributed by atoms with Gasteiger partial charge < -0.3 is 5.11 Å². The van der Waals surface area contributed by atoms with Gasteiger partial charge in [-0.3, -0.25) is 4.79 Å². The third-order valence-electron chi connectivity index (χ3n) is 5.23. The molecule has 0 atom stereocenters. The molecule has 2 aromatic carbocycles. The van der Waals surface area contributed by atoms with E-state index in [1.807, 2.05) is 27.7 Å². The summed E-state index contributed by atoms with van der Waals surface area (Å²) in [6.45, 7) is 10.4. The molecule has 0 saturated heterocycles. The van der Waals surface area contributed by atoms with E-state index in [2.05, 4.69) is 0 Å². The molecule has 0 heterocycles. The summed E-state index contributed by atoms with van der Waals surface area (Å²) < 4.78 is 54.0. The topological polar surface area (TPSA) is 71.4 Å². The van der Waals surface area contributed by atoms with E-state index >= 15 is 0 Å². The zero-order chi connectivity index (χ0) is 23.7. The molecule has 0 amide bonds. The number of hydrogen-bond donors (Lipinski definition) is 1. The molecule has 0 spiro atoms. The minimum absolute atomic E-state index is 0.0616. The van der Waals surface area contributed by atoms with Crippen molar-refractivity contribution in [2.45, 2.75) is 70.3 Å². The van der Waals surface area contributed by atoms with Crippen molar-refractivity contribution in [1.29, 1.82) is 0 Å². The van der Waals surface area contributed by atoms with Gasteiger partial charge in [-0.05, 0) is 72.2 Å². The highest BCUT2D eigenvalue weighted by Crippen LogP contribution is 2.30. The second kappa shape index (κ2) is 9.17. The van der Waals surface area contributed by atoms with Crippen LogP contribution in [0, 0.1) is 11.6 Å². The standard InChI is InChI=1S/C24H30F2O4S/c1-14(2)19-10-17(25)11-20(15(3)4)21(19)12-18(27)13-31(29,30)23-9-16(24(5,6)28)7-8-22(23)26/h7-11,14-15,28H,12-13H2,1-6H3. The Morgan fingerprint density at radius 3 is 1.97 bits per heavy atom. The van der Waals surface area contributed by atoms with Gasteiger partial charge in [0, 0.05) is 6.42 Å². The fourth-order valence-corrected chi connectivity index (χ4v) is 4.93. The summed E-state index contributed by atoms with van der Waals surface area (Å²) in [4.78, 5) is 12.2. The zero-order valence-corrected chi connectivity index (χ0v) is 19.6. The van der Waals surface area contributed by atoms with Crippen LogP contribution in [-0.4, -0.2) is 25.1 Å². The molecule has 7 heteroatoms. The summed E-state index contributed by atoms with van der Waals surface area (Å²) in [6.07, 6.45) is -0.187. The maximum Gasteiger partial charge on any atom is 0.188 e. The van der Waals surface area contributed by atoms with E-state index in [1.54, 1.807) is 0 Å². The van der Waals surface area contributed by atoms with Crippen LogP contribution in [0.2, 0.25) is 0 Å². The quantitative estimate of drug-likeness (QED) is 0.610. The number of carbonyl (C=O) groups is 1. The maximum absolute atomic E-state index is 14.3. The van der Waals surface area contributed by atoms with Gasteiger partial charge >= 0.3 is 0 Å². The van der Waals surface area contributed by atoms with Crippen LogP contribution in [0.5, 0.6) is 0 Å². The average molecular weight is 453 g/mol. The third kappa shape index (κ3) is 5.98. The summed E-state index contributed by atoms with van der Waals surface area (Å²) in [5.41, 5.74) is 0.795. The molecule has 0 saturated carbocycles. The molecule has 0 aromatic heterocycles. The Morgan fingerprint density at radius 2 is 1.52 bits per heavy atom. The predicted octanol–water partition coefficient (Wildman–Crippen LogP) is 5.02. The smallest absolute Gasteiger partial charge is 0.188 e. The van der Waals surface area contributed by atoms with Crippen molar-refractivity contribution in [1.82, 2.24) is 0 Å². The van der Waals surface area contributed by atoms with Gasteiger partial charge in [0.15, 0.2) is 15.6 Å². The monoisotopic (exact) mass is 452 g/mol. The van der Waals surface area contributed by atoms with Crippen LogP contribution >= 0.6 is 0 Å². The summed E-state index contributed by atoms with van der Waals surface area (Å²) >= 11 is 0. The molecule has 0 unspecified atom stereocenters. The van der Waals surface area contributed by atoms with Gasteiger partial charge in [0.1, 0.15) is 22.3 Å². The highest BCUT2D eigenvalue weighted by Gasteiger charge is 2.27. The zero-order valence-electron chi connectivity index (χ0n) is 18.8. The molecule has 2 rings (SSSR count). The fraction of sp³-hybridized carbons (Fsp3) is 0.458. The molecule has 0 aliphatic heterocycles. The molecule has 0 radical (unpaired) electrons. The van der Waals surface area contributed by atoms with Gasteiger partial charge in [0.2, 0.25) is 0 Å². The number of sulfone groups is 1. The van der Waals surface area contributed by atoms with E-state index < -0.39 is 43.5 Å². The fourth-order valence-electron chi connectivity index (χ4n) is 3.57. The first-order valence-corrected chi connectivity index (χ1v) is 11.9. The van der Waals surface area contributed by atoms with Gasteiger partial charge in [0.05, 0.1) is 5.60 Å². The molecule has 1 N–H and O–H groups in total. The van der Waals surface area contributed by atoms with Gasteiger partial charge in [0.25, 0.3) is 0 Å². The largest absolute Gasteiger partial charge is 0.386 e. The first-order valence-electron chi connectivity index (χ1n) is 10.2. The first-order chi connectivity index (χ1) is 14.1. The van der Waals surface area contributed by atoms with E-state index in [0.717, 1.165) is 12.1 Å². The van der Waals surface area contributed by atoms with Gasteiger partial charge in [-0.25, -0.2) is 17.2 Å². The molecule has 31 heavy (non-hydrogen) atoms. The Labute approximate surface area is 183 Å². The first kappa shape index (κ1) is 25.1. The van der Waals surface area contributed by atoms with Crippen LogP contribution in [0.3, 0.4) is 0 Å². The molecule has 0 aliphatic carbocycles. The number of ketones is 1. The summed E-state index contributed by atoms with van der Waals surface area (Å²) in [6, 6.07) is 6.09. The minimum atomic E-state index is -4.28. The molecule has 2 aromatic rings.